The van der Waals surface area contributed by atoms with Crippen molar-refractivity contribution in [2.24, 2.45) is 59.2 Å². The molecule has 0 spiro atoms. The molecule has 134 valence electrons. The second-order valence-electron chi connectivity index (χ2n) is 11.5. The molecule has 8 fully saturated rings. The highest BCUT2D eigenvalue weighted by molar-refractivity contribution is 4.99. The molecule has 8 aliphatic carbocycles. The molecule has 0 atom stereocenters. The van der Waals surface area contributed by atoms with E-state index in [-0.39, 0.29) is 0 Å². The molecule has 0 aliphatic heterocycles. The van der Waals surface area contributed by atoms with Crippen molar-refractivity contribution in [1.29, 1.82) is 0 Å². The highest BCUT2D eigenvalue weighted by Crippen LogP contribution is 2.59. The van der Waals surface area contributed by atoms with Crippen molar-refractivity contribution >= 4 is 0 Å². The van der Waals surface area contributed by atoms with Crippen LogP contribution in [0.5, 0.6) is 0 Å². The second kappa shape index (κ2) is 5.75. The molecule has 8 rings (SSSR count). The zero-order valence-corrected chi connectivity index (χ0v) is 15.7. The summed E-state index contributed by atoms with van der Waals surface area (Å²) >= 11 is 0. The molecule has 0 aromatic carbocycles. The smallest absolute Gasteiger partial charge is 0.0357 e. The van der Waals surface area contributed by atoms with E-state index in [9.17, 15) is 0 Å². The number of hydrogen-bond donors (Lipinski definition) is 0. The molecule has 0 aromatic rings. The van der Waals surface area contributed by atoms with Crippen LogP contribution in [0, 0.1) is 59.2 Å². The maximum Gasteiger partial charge on any atom is -0.0357 e. The maximum absolute atomic E-state index is 1.63. The van der Waals surface area contributed by atoms with E-state index in [2.05, 4.69) is 0 Å². The third kappa shape index (κ3) is 2.44. The molecule has 0 heterocycles. The minimum Gasteiger partial charge on any atom is -0.0530 e. The first-order valence-electron chi connectivity index (χ1n) is 11.8. The van der Waals surface area contributed by atoms with E-state index in [0.29, 0.717) is 0 Å². The Balaban J connectivity index is 1.01. The average molecular weight is 327 g/mol. The zero-order valence-electron chi connectivity index (χ0n) is 15.7. The molecule has 0 N–H and O–H groups in total. The van der Waals surface area contributed by atoms with Gasteiger partial charge >= 0.3 is 0 Å². The van der Waals surface area contributed by atoms with Crippen LogP contribution in [0.4, 0.5) is 0 Å². The molecule has 0 unspecified atom stereocenters. The lowest BCUT2D eigenvalue weighted by Crippen LogP contribution is -2.45. The van der Waals surface area contributed by atoms with E-state index in [1.807, 2.05) is 0 Å². The second-order valence-corrected chi connectivity index (χ2v) is 11.5. The molecule has 0 saturated heterocycles. The van der Waals surface area contributed by atoms with Crippen LogP contribution < -0.4 is 0 Å². The van der Waals surface area contributed by atoms with Gasteiger partial charge in [0.15, 0.2) is 0 Å². The topological polar surface area (TPSA) is 0 Å². The molecule has 0 radical (unpaired) electrons. The summed E-state index contributed by atoms with van der Waals surface area (Å²) in [5.74, 6) is 11.7. The van der Waals surface area contributed by atoms with Crippen molar-refractivity contribution in [3.63, 3.8) is 0 Å². The molecule has 0 aromatic heterocycles. The van der Waals surface area contributed by atoms with Gasteiger partial charge in [-0.15, -0.1) is 0 Å². The highest BCUT2D eigenvalue weighted by atomic mass is 14.5. The van der Waals surface area contributed by atoms with Gasteiger partial charge in [-0.25, -0.2) is 0 Å². The van der Waals surface area contributed by atoms with Gasteiger partial charge in [0.1, 0.15) is 0 Å². The molecule has 0 heteroatoms. The van der Waals surface area contributed by atoms with Crippen LogP contribution in [-0.4, -0.2) is 0 Å². The summed E-state index contributed by atoms with van der Waals surface area (Å²) in [5.41, 5.74) is 0. The summed E-state index contributed by atoms with van der Waals surface area (Å²) in [6.07, 6.45) is 22.7. The van der Waals surface area contributed by atoms with Gasteiger partial charge in [0.05, 0.1) is 0 Å². The molecule has 24 heavy (non-hydrogen) atoms. The van der Waals surface area contributed by atoms with Gasteiger partial charge in [-0.05, 0) is 136 Å². The number of unbranched alkanes of at least 4 members (excludes halogenated alkanes) is 1. The summed E-state index contributed by atoms with van der Waals surface area (Å²) in [6.45, 7) is 0. The van der Waals surface area contributed by atoms with Crippen molar-refractivity contribution in [2.75, 3.05) is 0 Å². The van der Waals surface area contributed by atoms with E-state index < -0.39 is 0 Å². The van der Waals surface area contributed by atoms with Crippen molar-refractivity contribution in [3.05, 3.63) is 0 Å². The van der Waals surface area contributed by atoms with Crippen LogP contribution in [-0.2, 0) is 0 Å². The summed E-state index contributed by atoms with van der Waals surface area (Å²) in [4.78, 5) is 0. The van der Waals surface area contributed by atoms with E-state index >= 15 is 0 Å². The first-order valence-corrected chi connectivity index (χ1v) is 11.8. The Morgan fingerprint density at radius 2 is 0.667 bits per heavy atom. The lowest BCUT2D eigenvalue weighted by molar-refractivity contribution is -0.0461. The van der Waals surface area contributed by atoms with Gasteiger partial charge in [-0.1, -0.05) is 12.8 Å². The number of hydrogen-bond acceptors (Lipinski definition) is 0. The van der Waals surface area contributed by atoms with Gasteiger partial charge in [0.25, 0.3) is 0 Å². The van der Waals surface area contributed by atoms with E-state index in [1.54, 1.807) is 89.9 Å². The average Bonchev–Trinajstić information content (AvgIpc) is 2.54. The third-order valence-corrected chi connectivity index (χ3v) is 10.2. The standard InChI is InChI=1S/C24H38/c1(3-23-19-7-15-5-16(9-19)10-20(23)8-15)2-4-24-21-11-17-6-18(13-21)14-22(24)12-17/h15-24H,1-14H2. The molecule has 8 saturated carbocycles. The molecule has 8 aliphatic rings. The fraction of sp³-hybridized carbons (Fsp3) is 1.00. The number of rotatable bonds is 5. The summed E-state index contributed by atoms with van der Waals surface area (Å²) in [6, 6.07) is 0. The first-order chi connectivity index (χ1) is 11.8. The van der Waals surface area contributed by atoms with Crippen LogP contribution in [0.15, 0.2) is 0 Å². The zero-order chi connectivity index (χ0) is 15.7. The Bertz CT molecular complexity index is 376. The van der Waals surface area contributed by atoms with Crippen LogP contribution in [0.2, 0.25) is 0 Å². The van der Waals surface area contributed by atoms with Crippen LogP contribution in [0.25, 0.3) is 0 Å². The van der Waals surface area contributed by atoms with Gasteiger partial charge in [-0.3, -0.25) is 0 Å². The molecular formula is C24H38. The van der Waals surface area contributed by atoms with E-state index in [0.717, 1.165) is 35.5 Å². The van der Waals surface area contributed by atoms with Crippen LogP contribution in [0.1, 0.15) is 89.9 Å². The predicted octanol–water partition coefficient (Wildman–Crippen LogP) is 6.69. The molecular weight excluding hydrogens is 288 g/mol. The SMILES string of the molecule is C(CCC1C2CC3CC(C2)CC1C3)CC1C2CC3CC(C2)CC1C3. The highest BCUT2D eigenvalue weighted by Gasteiger charge is 2.49. The Kier molecular flexibility index (Phi) is 3.62. The Labute approximate surface area is 149 Å². The summed E-state index contributed by atoms with van der Waals surface area (Å²) in [7, 11) is 0. The van der Waals surface area contributed by atoms with Crippen molar-refractivity contribution in [2.45, 2.75) is 89.9 Å². The van der Waals surface area contributed by atoms with Gasteiger partial charge in [0, 0.05) is 0 Å². The minimum absolute atomic E-state index is 1.16. The summed E-state index contributed by atoms with van der Waals surface area (Å²) < 4.78 is 0. The molecule has 0 amide bonds. The quantitative estimate of drug-likeness (QED) is 0.494. The Hall–Kier alpha value is 0. The van der Waals surface area contributed by atoms with Gasteiger partial charge < -0.3 is 0 Å². The van der Waals surface area contributed by atoms with E-state index in [1.165, 1.54) is 23.7 Å². The monoisotopic (exact) mass is 326 g/mol. The van der Waals surface area contributed by atoms with Crippen molar-refractivity contribution in [3.8, 4) is 0 Å². The predicted molar refractivity (Wildman–Crippen MR) is 99.5 cm³/mol. The summed E-state index contributed by atoms with van der Waals surface area (Å²) in [5, 5.41) is 0. The molecule has 0 nitrogen and oxygen atoms in total. The van der Waals surface area contributed by atoms with Crippen molar-refractivity contribution < 1.29 is 0 Å². The molecule has 8 bridgehead atoms. The fourth-order valence-electron chi connectivity index (χ4n) is 9.78. The Morgan fingerprint density at radius 1 is 0.375 bits per heavy atom. The lowest BCUT2D eigenvalue weighted by atomic mass is 9.50. The van der Waals surface area contributed by atoms with Crippen LogP contribution in [0.3, 0.4) is 0 Å². The largest absolute Gasteiger partial charge is 0.0530 e. The lowest BCUT2D eigenvalue weighted by Gasteiger charge is -2.55. The first kappa shape index (κ1) is 15.1. The fourth-order valence-corrected chi connectivity index (χ4v) is 9.78. The minimum atomic E-state index is 1.16. The van der Waals surface area contributed by atoms with Gasteiger partial charge in [0.2, 0.25) is 0 Å². The Morgan fingerprint density at radius 3 is 0.958 bits per heavy atom. The normalized spacial score (nSPS) is 57.0. The van der Waals surface area contributed by atoms with Crippen molar-refractivity contribution in [1.82, 2.24) is 0 Å². The maximum atomic E-state index is 1.63. The van der Waals surface area contributed by atoms with Gasteiger partial charge in [-0.2, -0.15) is 0 Å². The van der Waals surface area contributed by atoms with Crippen LogP contribution >= 0.6 is 0 Å². The third-order valence-electron chi connectivity index (χ3n) is 10.2. The van der Waals surface area contributed by atoms with E-state index in [4.69, 9.17) is 0 Å².